The van der Waals surface area contributed by atoms with Crippen LogP contribution >= 0.6 is 39.0 Å². The van der Waals surface area contributed by atoms with Crippen molar-refractivity contribution in [1.82, 2.24) is 14.4 Å². The maximum absolute atomic E-state index is 12.8. The summed E-state index contributed by atoms with van der Waals surface area (Å²) in [7, 11) is 0. The van der Waals surface area contributed by atoms with Crippen LogP contribution in [0.1, 0.15) is 21.7 Å². The number of non-ortho nitro benzene ring substituents is 1. The third kappa shape index (κ3) is 4.87. The molecule has 0 unspecified atom stereocenters. The van der Waals surface area contributed by atoms with E-state index in [9.17, 15) is 19.7 Å². The molecule has 0 aliphatic rings. The number of benzene rings is 1. The fourth-order valence-electron chi connectivity index (χ4n) is 2.77. The van der Waals surface area contributed by atoms with Gasteiger partial charge < -0.3 is 4.74 Å². The van der Waals surface area contributed by atoms with Crippen LogP contribution in [-0.2, 0) is 11.3 Å². The van der Waals surface area contributed by atoms with Crippen LogP contribution < -0.4 is 5.56 Å². The first-order valence-corrected chi connectivity index (χ1v) is 11.5. The lowest BCUT2D eigenvalue weighted by molar-refractivity contribution is -0.384. The van der Waals surface area contributed by atoms with Crippen molar-refractivity contribution in [2.75, 3.05) is 0 Å². The highest BCUT2D eigenvalue weighted by molar-refractivity contribution is 9.10. The monoisotopic (exact) mass is 532 g/mol. The van der Waals surface area contributed by atoms with E-state index in [4.69, 9.17) is 4.74 Å². The Morgan fingerprint density at radius 1 is 1.28 bits per heavy atom. The molecule has 0 radical (unpaired) electrons. The number of rotatable bonds is 6. The molecule has 3 heterocycles. The van der Waals surface area contributed by atoms with Gasteiger partial charge in [-0.05, 0) is 41.1 Å². The van der Waals surface area contributed by atoms with Crippen LogP contribution in [0, 0.1) is 17.0 Å². The molecule has 0 fully saturated rings. The summed E-state index contributed by atoms with van der Waals surface area (Å²) < 4.78 is 8.13. The Balaban J connectivity index is 1.60. The predicted octanol–water partition coefficient (Wildman–Crippen LogP) is 4.64. The van der Waals surface area contributed by atoms with Gasteiger partial charge in [-0.2, -0.15) is 0 Å². The number of carbonyl (C=O) groups excluding carboxylic acids is 1. The second kappa shape index (κ2) is 9.18. The highest BCUT2D eigenvalue weighted by Gasteiger charge is 2.20. The Bertz CT molecular complexity index is 1420. The first-order valence-electron chi connectivity index (χ1n) is 9.03. The molecule has 32 heavy (non-hydrogen) atoms. The lowest BCUT2D eigenvalue weighted by atomic mass is 10.2. The first kappa shape index (κ1) is 22.1. The first-order chi connectivity index (χ1) is 15.3. The lowest BCUT2D eigenvalue weighted by Gasteiger charge is -2.09. The van der Waals surface area contributed by atoms with E-state index >= 15 is 0 Å². The van der Waals surface area contributed by atoms with Gasteiger partial charge >= 0.3 is 5.97 Å². The van der Waals surface area contributed by atoms with Crippen molar-refractivity contribution in [3.63, 3.8) is 0 Å². The van der Waals surface area contributed by atoms with Crippen molar-refractivity contribution in [1.29, 1.82) is 0 Å². The SMILES string of the molecule is Cc1csc(Sc2ccc([N+](=O)[O-])cc2C(=O)OCc2cc(=O)n3cc(Br)ccc3n2)n1. The smallest absolute Gasteiger partial charge is 0.339 e. The second-order valence-corrected chi connectivity index (χ2v) is 9.59. The van der Waals surface area contributed by atoms with Gasteiger partial charge in [0.2, 0.25) is 0 Å². The molecule has 1 aromatic carbocycles. The topological polar surface area (TPSA) is 117 Å². The van der Waals surface area contributed by atoms with Crippen molar-refractivity contribution in [2.24, 2.45) is 0 Å². The number of esters is 1. The number of carbonyl (C=O) groups is 1. The van der Waals surface area contributed by atoms with Gasteiger partial charge in [0.25, 0.3) is 11.2 Å². The number of hydrogen-bond donors (Lipinski definition) is 0. The van der Waals surface area contributed by atoms with E-state index in [0.717, 1.165) is 10.2 Å². The van der Waals surface area contributed by atoms with E-state index in [1.54, 1.807) is 18.3 Å². The number of nitro groups is 1. The van der Waals surface area contributed by atoms with Crippen molar-refractivity contribution in [2.45, 2.75) is 22.8 Å². The largest absolute Gasteiger partial charge is 0.456 e. The maximum Gasteiger partial charge on any atom is 0.339 e. The van der Waals surface area contributed by atoms with E-state index in [-0.39, 0.29) is 29.1 Å². The molecule has 0 aliphatic heterocycles. The molecule has 0 atom stereocenters. The number of aromatic nitrogens is 3. The summed E-state index contributed by atoms with van der Waals surface area (Å²) in [6, 6.07) is 8.66. The summed E-state index contributed by atoms with van der Waals surface area (Å²) in [4.78, 5) is 44.9. The van der Waals surface area contributed by atoms with E-state index in [2.05, 4.69) is 25.9 Å². The van der Waals surface area contributed by atoms with Gasteiger partial charge in [0.1, 0.15) is 12.3 Å². The number of thiazole rings is 1. The Kier molecular flexibility index (Phi) is 6.35. The molecule has 0 spiro atoms. The van der Waals surface area contributed by atoms with Crippen molar-refractivity contribution < 1.29 is 14.5 Å². The molecule has 0 amide bonds. The van der Waals surface area contributed by atoms with Crippen molar-refractivity contribution in [3.05, 3.63) is 89.9 Å². The van der Waals surface area contributed by atoms with Crippen LogP contribution in [0.5, 0.6) is 0 Å². The fraction of sp³-hybridized carbons (Fsp3) is 0.100. The van der Waals surface area contributed by atoms with Crippen LogP contribution in [0.15, 0.2) is 66.5 Å². The molecule has 9 nitrogen and oxygen atoms in total. The van der Waals surface area contributed by atoms with Gasteiger partial charge in [-0.1, -0.05) is 11.8 Å². The number of fused-ring (bicyclic) bond motifs is 1. The second-order valence-electron chi connectivity index (χ2n) is 6.53. The van der Waals surface area contributed by atoms with Crippen LogP contribution in [0.4, 0.5) is 5.69 Å². The normalized spacial score (nSPS) is 10.9. The average molecular weight is 533 g/mol. The van der Waals surface area contributed by atoms with Crippen LogP contribution in [-0.4, -0.2) is 25.3 Å². The molecule has 3 aromatic heterocycles. The molecule has 4 aromatic rings. The van der Waals surface area contributed by atoms with Gasteiger partial charge in [0, 0.05) is 44.8 Å². The number of nitrogens with zero attached hydrogens (tertiary/aromatic N) is 4. The summed E-state index contributed by atoms with van der Waals surface area (Å²) in [5, 5.41) is 13.1. The highest BCUT2D eigenvalue weighted by atomic mass is 79.9. The van der Waals surface area contributed by atoms with Crippen LogP contribution in [0.25, 0.3) is 5.65 Å². The number of pyridine rings is 1. The van der Waals surface area contributed by atoms with Crippen LogP contribution in [0.3, 0.4) is 0 Å². The predicted molar refractivity (Wildman–Crippen MR) is 122 cm³/mol. The Hall–Kier alpha value is -3.09. The number of hydrogen-bond acceptors (Lipinski definition) is 9. The Labute approximate surface area is 197 Å². The third-order valence-corrected chi connectivity index (χ3v) is 6.82. The van der Waals surface area contributed by atoms with E-state index in [1.807, 2.05) is 12.3 Å². The molecule has 0 saturated carbocycles. The standard InChI is InChI=1S/C20H13BrN4O5S2/c1-11-10-31-20(22-11)32-16-4-3-14(25(28)29)7-15(16)19(27)30-9-13-6-18(26)24-8-12(21)2-5-17(24)23-13/h2-8,10H,9H2,1H3. The van der Waals surface area contributed by atoms with E-state index in [0.29, 0.717) is 14.9 Å². The summed E-state index contributed by atoms with van der Waals surface area (Å²) in [5.41, 5.74) is 0.985. The number of halogens is 1. The van der Waals surface area contributed by atoms with E-state index in [1.165, 1.54) is 51.8 Å². The molecule has 0 saturated heterocycles. The molecule has 12 heteroatoms. The highest BCUT2D eigenvalue weighted by Crippen LogP contribution is 2.34. The summed E-state index contributed by atoms with van der Waals surface area (Å²) in [6.45, 7) is 1.59. The average Bonchev–Trinajstić information content (AvgIpc) is 3.17. The van der Waals surface area contributed by atoms with Gasteiger partial charge in [-0.15, -0.1) is 11.3 Å². The van der Waals surface area contributed by atoms with Gasteiger partial charge in [0.05, 0.1) is 16.2 Å². The minimum atomic E-state index is -0.762. The zero-order chi connectivity index (χ0) is 22.8. The maximum atomic E-state index is 12.8. The number of ether oxygens (including phenoxy) is 1. The summed E-state index contributed by atoms with van der Waals surface area (Å²) >= 11 is 5.92. The Morgan fingerprint density at radius 3 is 2.81 bits per heavy atom. The summed E-state index contributed by atoms with van der Waals surface area (Å²) in [6.07, 6.45) is 1.59. The number of nitro benzene ring substituents is 1. The number of aryl methyl sites for hydroxylation is 1. The lowest BCUT2D eigenvalue weighted by Crippen LogP contribution is -2.16. The minimum Gasteiger partial charge on any atom is -0.456 e. The van der Waals surface area contributed by atoms with Crippen molar-refractivity contribution in [3.8, 4) is 0 Å². The van der Waals surface area contributed by atoms with Crippen molar-refractivity contribution >= 4 is 56.3 Å². The molecule has 0 N–H and O–H groups in total. The summed E-state index contributed by atoms with van der Waals surface area (Å²) in [5.74, 6) is -0.762. The van der Waals surface area contributed by atoms with Gasteiger partial charge in [-0.25, -0.2) is 14.8 Å². The molecular formula is C20H13BrN4O5S2. The molecule has 0 aliphatic carbocycles. The van der Waals surface area contributed by atoms with Crippen LogP contribution in [0.2, 0.25) is 0 Å². The zero-order valence-electron chi connectivity index (χ0n) is 16.4. The van der Waals surface area contributed by atoms with Gasteiger partial charge in [0.15, 0.2) is 4.34 Å². The molecule has 4 rings (SSSR count). The molecule has 0 bridgehead atoms. The minimum absolute atomic E-state index is 0.0403. The molecular weight excluding hydrogens is 520 g/mol. The fourth-order valence-corrected chi connectivity index (χ4v) is 5.00. The van der Waals surface area contributed by atoms with E-state index < -0.39 is 10.9 Å². The Morgan fingerprint density at radius 2 is 2.09 bits per heavy atom. The quantitative estimate of drug-likeness (QED) is 0.200. The molecule has 162 valence electrons. The van der Waals surface area contributed by atoms with Gasteiger partial charge in [-0.3, -0.25) is 19.3 Å². The third-order valence-electron chi connectivity index (χ3n) is 4.22. The zero-order valence-corrected chi connectivity index (χ0v) is 19.6.